The van der Waals surface area contributed by atoms with Crippen LogP contribution in [0, 0.1) is 11.3 Å². The summed E-state index contributed by atoms with van der Waals surface area (Å²) >= 11 is 0. The molecule has 0 aromatic rings. The van der Waals surface area contributed by atoms with E-state index in [1.54, 1.807) is 0 Å². The third-order valence-corrected chi connectivity index (χ3v) is 4.50. The van der Waals surface area contributed by atoms with Crippen LogP contribution in [0.15, 0.2) is 0 Å². The zero-order valence-electron chi connectivity index (χ0n) is 10.7. The fraction of sp³-hybridized carbons (Fsp3) is 0.923. The lowest BCUT2D eigenvalue weighted by Gasteiger charge is -2.36. The van der Waals surface area contributed by atoms with E-state index in [-0.39, 0.29) is 11.9 Å². The Labute approximate surface area is 98.4 Å². The van der Waals surface area contributed by atoms with Gasteiger partial charge in [-0.3, -0.25) is 4.79 Å². The summed E-state index contributed by atoms with van der Waals surface area (Å²) < 4.78 is 0. The molecule has 0 aromatic heterocycles. The minimum Gasteiger partial charge on any atom is -0.338 e. The van der Waals surface area contributed by atoms with E-state index in [9.17, 15) is 4.79 Å². The van der Waals surface area contributed by atoms with E-state index in [0.29, 0.717) is 23.8 Å². The van der Waals surface area contributed by atoms with Crippen molar-refractivity contribution in [3.8, 4) is 0 Å². The Morgan fingerprint density at radius 2 is 2.12 bits per heavy atom. The molecule has 92 valence electrons. The summed E-state index contributed by atoms with van der Waals surface area (Å²) in [6.07, 6.45) is 4.08. The first-order valence-electron chi connectivity index (χ1n) is 6.58. The third-order valence-electron chi connectivity index (χ3n) is 4.50. The molecule has 1 aliphatic heterocycles. The standard InChI is InChI=1S/C13H24N2O/c1-4-7-15-11(16)8-10(14)12(15)13(5-6-13)9(2)3/h9-10,12H,4-8,14H2,1-3H3/t10-,12-/m0/s1. The zero-order chi connectivity index (χ0) is 11.9. The molecule has 0 bridgehead atoms. The van der Waals surface area contributed by atoms with Crippen LogP contribution in [0.1, 0.15) is 46.5 Å². The maximum Gasteiger partial charge on any atom is 0.224 e. The van der Waals surface area contributed by atoms with Gasteiger partial charge < -0.3 is 10.6 Å². The molecular weight excluding hydrogens is 200 g/mol. The maximum absolute atomic E-state index is 11.9. The number of carbonyl (C=O) groups is 1. The summed E-state index contributed by atoms with van der Waals surface area (Å²) in [5.74, 6) is 0.903. The summed E-state index contributed by atoms with van der Waals surface area (Å²) in [7, 11) is 0. The van der Waals surface area contributed by atoms with Crippen LogP contribution in [0.25, 0.3) is 0 Å². The molecule has 2 atom stereocenters. The lowest BCUT2D eigenvalue weighted by Crippen LogP contribution is -2.48. The highest BCUT2D eigenvalue weighted by molar-refractivity contribution is 5.80. The fourth-order valence-electron chi connectivity index (χ4n) is 3.42. The van der Waals surface area contributed by atoms with Crippen molar-refractivity contribution in [2.45, 2.75) is 58.5 Å². The number of nitrogens with zero attached hydrogens (tertiary/aromatic N) is 1. The van der Waals surface area contributed by atoms with Crippen LogP contribution in [0.5, 0.6) is 0 Å². The summed E-state index contributed by atoms with van der Waals surface area (Å²) in [4.78, 5) is 14.0. The maximum atomic E-state index is 11.9. The van der Waals surface area contributed by atoms with Gasteiger partial charge in [0.2, 0.25) is 5.91 Å². The predicted molar refractivity (Wildman–Crippen MR) is 64.9 cm³/mol. The van der Waals surface area contributed by atoms with E-state index in [4.69, 9.17) is 5.73 Å². The smallest absolute Gasteiger partial charge is 0.224 e. The molecule has 3 nitrogen and oxygen atoms in total. The molecule has 3 heteroatoms. The molecule has 2 rings (SSSR count). The van der Waals surface area contributed by atoms with E-state index in [1.165, 1.54) is 12.8 Å². The summed E-state index contributed by atoms with van der Waals surface area (Å²) in [5, 5.41) is 0. The van der Waals surface area contributed by atoms with Gasteiger partial charge in [-0.2, -0.15) is 0 Å². The van der Waals surface area contributed by atoms with Crippen LogP contribution >= 0.6 is 0 Å². The molecule has 0 unspecified atom stereocenters. The van der Waals surface area contributed by atoms with Crippen molar-refractivity contribution in [3.63, 3.8) is 0 Å². The number of carbonyl (C=O) groups excluding carboxylic acids is 1. The van der Waals surface area contributed by atoms with Crippen molar-refractivity contribution in [2.75, 3.05) is 6.54 Å². The van der Waals surface area contributed by atoms with Gasteiger partial charge in [0.05, 0.1) is 6.04 Å². The Balaban J connectivity index is 2.20. The highest BCUT2D eigenvalue weighted by Gasteiger charge is 2.58. The van der Waals surface area contributed by atoms with Crippen molar-refractivity contribution in [1.29, 1.82) is 0 Å². The van der Waals surface area contributed by atoms with Crippen LogP contribution in [0.2, 0.25) is 0 Å². The molecule has 1 aliphatic carbocycles. The Bertz CT molecular complexity index is 284. The molecule has 1 amide bonds. The second kappa shape index (κ2) is 4.02. The second-order valence-corrected chi connectivity index (χ2v) is 5.79. The number of amides is 1. The monoisotopic (exact) mass is 224 g/mol. The van der Waals surface area contributed by atoms with Crippen molar-refractivity contribution in [1.82, 2.24) is 4.90 Å². The lowest BCUT2D eigenvalue weighted by molar-refractivity contribution is -0.130. The molecular formula is C13H24N2O. The zero-order valence-corrected chi connectivity index (χ0v) is 10.7. The molecule has 0 spiro atoms. The topological polar surface area (TPSA) is 46.3 Å². The van der Waals surface area contributed by atoms with Crippen LogP contribution in [-0.2, 0) is 4.79 Å². The van der Waals surface area contributed by atoms with Gasteiger partial charge in [0.1, 0.15) is 0 Å². The number of hydrogen-bond donors (Lipinski definition) is 1. The minimum atomic E-state index is 0.0592. The quantitative estimate of drug-likeness (QED) is 0.791. The number of hydrogen-bond acceptors (Lipinski definition) is 2. The molecule has 0 aromatic carbocycles. The normalized spacial score (nSPS) is 32.6. The van der Waals surface area contributed by atoms with E-state index < -0.39 is 0 Å². The van der Waals surface area contributed by atoms with Crippen LogP contribution in [0.3, 0.4) is 0 Å². The second-order valence-electron chi connectivity index (χ2n) is 5.79. The van der Waals surface area contributed by atoms with Gasteiger partial charge >= 0.3 is 0 Å². The number of nitrogens with two attached hydrogens (primary N) is 1. The van der Waals surface area contributed by atoms with E-state index in [2.05, 4.69) is 25.7 Å². The molecule has 1 saturated heterocycles. The van der Waals surface area contributed by atoms with Crippen LogP contribution in [0.4, 0.5) is 0 Å². The molecule has 2 N–H and O–H groups in total. The predicted octanol–water partition coefficient (Wildman–Crippen LogP) is 1.76. The first kappa shape index (κ1) is 11.9. The summed E-state index contributed by atoms with van der Waals surface area (Å²) in [6.45, 7) is 7.55. The Morgan fingerprint density at radius 1 is 1.50 bits per heavy atom. The first-order valence-corrected chi connectivity index (χ1v) is 6.58. The SMILES string of the molecule is CCCN1C(=O)C[C@H](N)[C@H]1C1(C(C)C)CC1. The first-order chi connectivity index (χ1) is 7.53. The number of likely N-dealkylation sites (tertiary alicyclic amines) is 1. The van der Waals surface area contributed by atoms with Gasteiger partial charge in [0.25, 0.3) is 0 Å². The lowest BCUT2D eigenvalue weighted by atomic mass is 9.81. The van der Waals surface area contributed by atoms with Crippen LogP contribution in [-0.4, -0.2) is 29.4 Å². The molecule has 2 aliphatic rings. The highest BCUT2D eigenvalue weighted by atomic mass is 16.2. The fourth-order valence-corrected chi connectivity index (χ4v) is 3.42. The molecule has 0 radical (unpaired) electrons. The summed E-state index contributed by atoms with van der Waals surface area (Å²) in [6, 6.07) is 0.365. The Morgan fingerprint density at radius 3 is 2.56 bits per heavy atom. The van der Waals surface area contributed by atoms with Gasteiger partial charge in [-0.15, -0.1) is 0 Å². The van der Waals surface area contributed by atoms with Crippen molar-refractivity contribution in [2.24, 2.45) is 17.1 Å². The van der Waals surface area contributed by atoms with Gasteiger partial charge in [0, 0.05) is 19.0 Å². The summed E-state index contributed by atoms with van der Waals surface area (Å²) in [5.41, 5.74) is 6.53. The Hall–Kier alpha value is -0.570. The average Bonchev–Trinajstić information content (AvgIpc) is 2.93. The van der Waals surface area contributed by atoms with Crippen molar-refractivity contribution >= 4 is 5.91 Å². The Kier molecular flexibility index (Phi) is 2.99. The highest BCUT2D eigenvalue weighted by Crippen LogP contribution is 2.58. The third kappa shape index (κ3) is 1.65. The average molecular weight is 224 g/mol. The largest absolute Gasteiger partial charge is 0.338 e. The number of rotatable bonds is 4. The van der Waals surface area contributed by atoms with Gasteiger partial charge in [0.15, 0.2) is 0 Å². The van der Waals surface area contributed by atoms with Crippen molar-refractivity contribution < 1.29 is 4.79 Å². The van der Waals surface area contributed by atoms with Crippen LogP contribution < -0.4 is 5.73 Å². The van der Waals surface area contributed by atoms with E-state index in [1.807, 2.05) is 0 Å². The van der Waals surface area contributed by atoms with Gasteiger partial charge in [-0.1, -0.05) is 20.8 Å². The van der Waals surface area contributed by atoms with Gasteiger partial charge in [-0.25, -0.2) is 0 Å². The molecule has 2 fully saturated rings. The molecule has 1 heterocycles. The van der Waals surface area contributed by atoms with Crippen molar-refractivity contribution in [3.05, 3.63) is 0 Å². The molecule has 16 heavy (non-hydrogen) atoms. The minimum absolute atomic E-state index is 0.0592. The van der Waals surface area contributed by atoms with E-state index >= 15 is 0 Å². The van der Waals surface area contributed by atoms with Gasteiger partial charge in [-0.05, 0) is 30.6 Å². The van der Waals surface area contributed by atoms with E-state index in [0.717, 1.165) is 13.0 Å². The molecule has 1 saturated carbocycles.